The number of aliphatic carboxylic acids is 1. The lowest BCUT2D eigenvalue weighted by atomic mass is 9.66. The van der Waals surface area contributed by atoms with E-state index in [-0.39, 0.29) is 34.4 Å². The van der Waals surface area contributed by atoms with Gasteiger partial charge < -0.3 is 34.2 Å². The van der Waals surface area contributed by atoms with Gasteiger partial charge in [-0.15, -0.1) is 0 Å². The van der Waals surface area contributed by atoms with Gasteiger partial charge in [0.15, 0.2) is 28.2 Å². The number of carboxylic acids is 1. The molecule has 10 nitrogen and oxygen atoms in total. The molecule has 1 aliphatic heterocycles. The molecule has 41 heavy (non-hydrogen) atoms. The molecule has 4 N–H and O–H groups in total. The number of carbonyl (C=O) groups excluding carboxylic acids is 2. The van der Waals surface area contributed by atoms with E-state index in [0.29, 0.717) is 0 Å². The summed E-state index contributed by atoms with van der Waals surface area (Å²) >= 11 is 1.21. The van der Waals surface area contributed by atoms with Crippen molar-refractivity contribution in [3.05, 3.63) is 0 Å². The normalized spacial score (nSPS) is 34.9. The average molecular weight is 636 g/mol. The molecule has 2 aliphatic rings. The molecule has 2 rings (SSSR count). The van der Waals surface area contributed by atoms with Crippen molar-refractivity contribution >= 4 is 46.2 Å². The van der Waals surface area contributed by atoms with Crippen LogP contribution in [0.4, 0.5) is 0 Å². The van der Waals surface area contributed by atoms with Crippen molar-refractivity contribution in [2.75, 3.05) is 11.5 Å². The quantitative estimate of drug-likeness (QED) is 0.195. The van der Waals surface area contributed by atoms with Gasteiger partial charge in [-0.1, -0.05) is 48.5 Å². The Morgan fingerprint density at radius 1 is 0.951 bits per heavy atom. The Balaban J connectivity index is 2.71. The minimum atomic E-state index is -2.68. The Morgan fingerprint density at radius 2 is 1.44 bits per heavy atom. The zero-order chi connectivity index (χ0) is 32.0. The Morgan fingerprint density at radius 3 is 1.90 bits per heavy atom. The van der Waals surface area contributed by atoms with Crippen molar-refractivity contribution in [1.82, 2.24) is 5.32 Å². The van der Waals surface area contributed by atoms with Crippen molar-refractivity contribution in [1.29, 1.82) is 0 Å². The summed E-state index contributed by atoms with van der Waals surface area (Å²) in [5, 5.41) is 36.4. The van der Waals surface area contributed by atoms with Crippen molar-refractivity contribution in [2.24, 2.45) is 17.8 Å². The van der Waals surface area contributed by atoms with Gasteiger partial charge >= 0.3 is 11.9 Å². The molecular formula is C28H53NO9SSi2. The van der Waals surface area contributed by atoms with Gasteiger partial charge in [0.25, 0.3) is 0 Å². The van der Waals surface area contributed by atoms with Crippen LogP contribution in [0.5, 0.6) is 0 Å². The number of nitrogens with one attached hydrogen (secondary N) is 1. The fourth-order valence-electron chi connectivity index (χ4n) is 4.92. The zero-order valence-corrected chi connectivity index (χ0v) is 29.7. The molecule has 238 valence electrons. The van der Waals surface area contributed by atoms with E-state index in [0.717, 1.165) is 0 Å². The molecule has 0 aromatic heterocycles. The Labute approximate surface area is 251 Å². The van der Waals surface area contributed by atoms with E-state index in [2.05, 4.69) is 5.32 Å². The lowest BCUT2D eigenvalue weighted by Gasteiger charge is -2.58. The number of fused-ring (bicyclic) bond motifs is 1. The number of ether oxygens (including phenoxy) is 1. The molecule has 0 aromatic carbocycles. The van der Waals surface area contributed by atoms with Crippen LogP contribution in [0.2, 0.25) is 36.3 Å². The Kier molecular flexibility index (Phi) is 10.8. The van der Waals surface area contributed by atoms with E-state index in [1.165, 1.54) is 11.8 Å². The molecule has 0 radical (unpaired) electrons. The number of cyclic esters (lactones) is 1. The van der Waals surface area contributed by atoms with Gasteiger partial charge in [-0.2, -0.15) is 11.8 Å². The van der Waals surface area contributed by atoms with E-state index in [1.807, 2.05) is 67.7 Å². The molecule has 1 saturated heterocycles. The molecule has 1 heterocycles. The molecule has 13 heteroatoms. The summed E-state index contributed by atoms with van der Waals surface area (Å²) in [6.45, 7) is 23.5. The number of amides is 1. The van der Waals surface area contributed by atoms with Crippen LogP contribution in [0.1, 0.15) is 68.2 Å². The maximum absolute atomic E-state index is 13.9. The van der Waals surface area contributed by atoms with Crippen molar-refractivity contribution in [3.63, 3.8) is 0 Å². The Bertz CT molecular complexity index is 996. The number of carbonyl (C=O) groups is 3. The van der Waals surface area contributed by atoms with Gasteiger partial charge in [-0.05, 0) is 43.2 Å². The molecular weight excluding hydrogens is 583 g/mol. The highest BCUT2D eigenvalue weighted by atomic mass is 32.2. The first-order valence-corrected chi connectivity index (χ1v) is 21.4. The van der Waals surface area contributed by atoms with Crippen molar-refractivity contribution in [3.8, 4) is 0 Å². The van der Waals surface area contributed by atoms with E-state index in [1.54, 1.807) is 13.8 Å². The number of thioether (sulfide) groups is 1. The summed E-state index contributed by atoms with van der Waals surface area (Å²) in [7, 11) is -5.31. The molecule has 2 fully saturated rings. The number of aliphatic hydroxyl groups is 2. The monoisotopic (exact) mass is 635 g/mol. The second kappa shape index (κ2) is 12.2. The van der Waals surface area contributed by atoms with Crippen molar-refractivity contribution < 1.29 is 43.3 Å². The topological polar surface area (TPSA) is 152 Å². The molecule has 5 unspecified atom stereocenters. The maximum Gasteiger partial charge on any atom is 0.327 e. The molecule has 0 spiro atoms. The lowest BCUT2D eigenvalue weighted by molar-refractivity contribution is -0.319. The highest BCUT2D eigenvalue weighted by molar-refractivity contribution is 7.99. The first kappa shape index (κ1) is 36.2. The van der Waals surface area contributed by atoms with Crippen molar-refractivity contribution in [2.45, 2.75) is 128 Å². The number of rotatable bonds is 5. The van der Waals surface area contributed by atoms with E-state index < -0.39 is 76.0 Å². The van der Waals surface area contributed by atoms with Crippen LogP contribution >= 0.6 is 11.8 Å². The molecule has 0 aromatic rings. The fourth-order valence-corrected chi connectivity index (χ4v) is 9.10. The van der Waals surface area contributed by atoms with Gasteiger partial charge in [-0.3, -0.25) is 9.59 Å². The first-order chi connectivity index (χ1) is 18.3. The maximum atomic E-state index is 13.9. The second-order valence-electron chi connectivity index (χ2n) is 15.0. The predicted molar refractivity (Wildman–Crippen MR) is 164 cm³/mol. The number of hydrogen-bond donors (Lipinski definition) is 4. The van der Waals surface area contributed by atoms with Crippen LogP contribution in [0.25, 0.3) is 0 Å². The van der Waals surface area contributed by atoms with Crippen LogP contribution in [0, 0.1) is 17.8 Å². The number of esters is 1. The molecule has 1 amide bonds. The molecule has 0 bridgehead atoms. The SMILES string of the molecule is CC1C2C(=O)O[C@H](C)CC(=O)N[C@H](C(=O)O)CSCC2C(O)(O[Si](C)(C)C(C)(C)C)CC1(O)O[Si](C)(C)C(C)(C)C. The van der Waals surface area contributed by atoms with Gasteiger partial charge in [0.05, 0.1) is 18.8 Å². The van der Waals surface area contributed by atoms with E-state index in [9.17, 15) is 29.7 Å². The van der Waals surface area contributed by atoms with Crippen LogP contribution in [-0.2, 0) is 28.0 Å². The summed E-state index contributed by atoms with van der Waals surface area (Å²) in [5.41, 5.74) is 0. The number of hydrogen-bond acceptors (Lipinski definition) is 9. The van der Waals surface area contributed by atoms with Gasteiger partial charge in [0.2, 0.25) is 5.91 Å². The summed E-state index contributed by atoms with van der Waals surface area (Å²) < 4.78 is 19.1. The van der Waals surface area contributed by atoms with Crippen LogP contribution < -0.4 is 5.32 Å². The first-order valence-electron chi connectivity index (χ1n) is 14.4. The standard InChI is InChI=1S/C28H53NO9SSi2/c1-17-13-21(30)29-20(23(31)32)15-39-14-19-22(24(33)36-17)18(2)27(34,37-40(9,10)25(3,4)5)16-28(19,35)38-41(11,12)26(6,7)8/h17-20,22,34-35H,13-16H2,1-12H3,(H,29,30)(H,31,32)/t17-,18?,19?,20+,22?,27?,28?/m1/s1. The second-order valence-corrected chi connectivity index (χ2v) is 25.5. The molecule has 1 aliphatic carbocycles. The van der Waals surface area contributed by atoms with Crippen LogP contribution in [-0.4, -0.2) is 85.0 Å². The third kappa shape index (κ3) is 8.15. The zero-order valence-electron chi connectivity index (χ0n) is 26.9. The molecule has 7 atom stereocenters. The van der Waals surface area contributed by atoms with Gasteiger partial charge in [-0.25, -0.2) is 4.79 Å². The summed E-state index contributed by atoms with van der Waals surface area (Å²) in [5.74, 6) is -8.77. The highest BCUT2D eigenvalue weighted by Gasteiger charge is 2.64. The van der Waals surface area contributed by atoms with E-state index in [4.69, 9.17) is 13.6 Å². The largest absolute Gasteiger partial charge is 0.480 e. The van der Waals surface area contributed by atoms with Crippen LogP contribution in [0.15, 0.2) is 0 Å². The molecule has 1 saturated carbocycles. The smallest absolute Gasteiger partial charge is 0.327 e. The minimum absolute atomic E-state index is 0.0308. The van der Waals surface area contributed by atoms with Gasteiger partial charge in [0, 0.05) is 23.3 Å². The van der Waals surface area contributed by atoms with Gasteiger partial charge in [0.1, 0.15) is 12.1 Å². The van der Waals surface area contributed by atoms with Crippen LogP contribution in [0.3, 0.4) is 0 Å². The third-order valence-electron chi connectivity index (χ3n) is 9.52. The summed E-state index contributed by atoms with van der Waals surface area (Å²) in [6.07, 6.45) is -1.35. The average Bonchev–Trinajstić information content (AvgIpc) is 2.72. The van der Waals surface area contributed by atoms with E-state index >= 15 is 0 Å². The number of carboxylic acid groups (broad SMARTS) is 1. The summed E-state index contributed by atoms with van der Waals surface area (Å²) in [4.78, 5) is 38.3. The predicted octanol–water partition coefficient (Wildman–Crippen LogP) is 4.32. The highest BCUT2D eigenvalue weighted by Crippen LogP contribution is 2.54. The summed E-state index contributed by atoms with van der Waals surface area (Å²) in [6, 6.07) is -1.15. The minimum Gasteiger partial charge on any atom is -0.480 e. The Hall–Kier alpha value is -0.966. The lowest BCUT2D eigenvalue weighted by Crippen LogP contribution is -2.68. The third-order valence-corrected chi connectivity index (χ3v) is 19.6. The fraction of sp³-hybridized carbons (Fsp3) is 0.893.